The lowest BCUT2D eigenvalue weighted by atomic mass is 9.97. The molecule has 0 aliphatic carbocycles. The van der Waals surface area contributed by atoms with Crippen molar-refractivity contribution in [3.05, 3.63) is 47.3 Å². The van der Waals surface area contributed by atoms with Crippen LogP contribution in [0.2, 0.25) is 0 Å². The number of aromatic nitrogens is 1. The molecular weight excluding hydrogens is 375 g/mol. The molecule has 2 amide bonds. The largest absolute Gasteiger partial charge is 0.497 e. The van der Waals surface area contributed by atoms with Crippen molar-refractivity contribution >= 4 is 23.5 Å². The molecule has 6 nitrogen and oxygen atoms in total. The molecule has 0 N–H and O–H groups in total. The van der Waals surface area contributed by atoms with Crippen LogP contribution in [0, 0.1) is 17.5 Å². The molecule has 0 bridgehead atoms. The van der Waals surface area contributed by atoms with Gasteiger partial charge in [0.2, 0.25) is 11.8 Å². The lowest BCUT2D eigenvalue weighted by Crippen LogP contribution is -2.29. The SMILES string of the molecule is COc1cc(F)c(C2CC(=O)N(c3nc(N(C)C(C)=O)ccc3F)C2)c(F)c1. The first-order valence-corrected chi connectivity index (χ1v) is 8.47. The number of hydrogen-bond acceptors (Lipinski definition) is 4. The van der Waals surface area contributed by atoms with E-state index in [1.165, 1.54) is 32.0 Å². The second kappa shape index (κ2) is 7.49. The van der Waals surface area contributed by atoms with Crippen molar-refractivity contribution < 1.29 is 27.5 Å². The Kier molecular flexibility index (Phi) is 5.26. The minimum Gasteiger partial charge on any atom is -0.497 e. The first-order chi connectivity index (χ1) is 13.2. The van der Waals surface area contributed by atoms with Crippen molar-refractivity contribution in [2.24, 2.45) is 0 Å². The molecule has 1 unspecified atom stereocenters. The summed E-state index contributed by atoms with van der Waals surface area (Å²) in [5, 5.41) is 0. The lowest BCUT2D eigenvalue weighted by Gasteiger charge is -2.20. The Bertz CT molecular complexity index is 928. The van der Waals surface area contributed by atoms with Gasteiger partial charge < -0.3 is 9.64 Å². The van der Waals surface area contributed by atoms with Crippen LogP contribution in [0.25, 0.3) is 0 Å². The second-order valence-corrected chi connectivity index (χ2v) is 6.46. The van der Waals surface area contributed by atoms with E-state index in [4.69, 9.17) is 4.74 Å². The van der Waals surface area contributed by atoms with Crippen LogP contribution in [-0.2, 0) is 9.59 Å². The Hall–Kier alpha value is -3.10. The van der Waals surface area contributed by atoms with Gasteiger partial charge in [-0.15, -0.1) is 0 Å². The van der Waals surface area contributed by atoms with Gasteiger partial charge in [0.05, 0.1) is 7.11 Å². The first kappa shape index (κ1) is 19.7. The number of carbonyl (C=O) groups excluding carboxylic acids is 2. The highest BCUT2D eigenvalue weighted by atomic mass is 19.1. The van der Waals surface area contributed by atoms with E-state index in [1.807, 2.05) is 0 Å². The Morgan fingerprint density at radius 2 is 1.86 bits per heavy atom. The molecular formula is C19H18F3N3O3. The number of rotatable bonds is 4. The molecule has 1 aromatic heterocycles. The van der Waals surface area contributed by atoms with E-state index < -0.39 is 29.3 Å². The molecule has 2 aromatic rings. The number of pyridine rings is 1. The van der Waals surface area contributed by atoms with Crippen molar-refractivity contribution in [2.45, 2.75) is 19.3 Å². The zero-order chi connectivity index (χ0) is 20.6. The van der Waals surface area contributed by atoms with E-state index in [-0.39, 0.29) is 41.8 Å². The maximum absolute atomic E-state index is 14.4. The second-order valence-electron chi connectivity index (χ2n) is 6.46. The van der Waals surface area contributed by atoms with Crippen LogP contribution in [0.3, 0.4) is 0 Å². The molecule has 1 saturated heterocycles. The predicted octanol–water partition coefficient (Wildman–Crippen LogP) is 3.01. The number of anilines is 2. The summed E-state index contributed by atoms with van der Waals surface area (Å²) in [5.41, 5.74) is -0.255. The minimum absolute atomic E-state index is 0.0209. The summed E-state index contributed by atoms with van der Waals surface area (Å²) in [4.78, 5) is 30.2. The van der Waals surface area contributed by atoms with Crippen LogP contribution in [0.4, 0.5) is 24.8 Å². The molecule has 1 atom stereocenters. The Balaban J connectivity index is 1.94. The monoisotopic (exact) mass is 393 g/mol. The molecule has 1 aromatic carbocycles. The van der Waals surface area contributed by atoms with Gasteiger partial charge in [-0.25, -0.2) is 18.2 Å². The molecule has 28 heavy (non-hydrogen) atoms. The summed E-state index contributed by atoms with van der Waals surface area (Å²) in [6.45, 7) is 1.17. The van der Waals surface area contributed by atoms with Crippen LogP contribution >= 0.6 is 0 Å². The highest BCUT2D eigenvalue weighted by Gasteiger charge is 2.37. The average molecular weight is 393 g/mol. The van der Waals surface area contributed by atoms with Gasteiger partial charge >= 0.3 is 0 Å². The normalized spacial score (nSPS) is 16.4. The molecule has 2 heterocycles. The van der Waals surface area contributed by atoms with Crippen LogP contribution in [0.1, 0.15) is 24.8 Å². The predicted molar refractivity (Wildman–Crippen MR) is 95.9 cm³/mol. The number of benzene rings is 1. The van der Waals surface area contributed by atoms with Gasteiger partial charge in [0.25, 0.3) is 0 Å². The van der Waals surface area contributed by atoms with Gasteiger partial charge in [-0.1, -0.05) is 0 Å². The number of nitrogens with zero attached hydrogens (tertiary/aromatic N) is 3. The van der Waals surface area contributed by atoms with E-state index in [0.29, 0.717) is 0 Å². The highest BCUT2D eigenvalue weighted by Crippen LogP contribution is 2.36. The van der Waals surface area contributed by atoms with E-state index in [2.05, 4.69) is 4.98 Å². The van der Waals surface area contributed by atoms with Crippen LogP contribution < -0.4 is 14.5 Å². The molecule has 1 aliphatic heterocycles. The number of halogens is 3. The summed E-state index contributed by atoms with van der Waals surface area (Å²) in [7, 11) is 2.75. The fraction of sp³-hybridized carbons (Fsp3) is 0.316. The van der Waals surface area contributed by atoms with Gasteiger partial charge in [0, 0.05) is 50.6 Å². The highest BCUT2D eigenvalue weighted by molar-refractivity contribution is 5.96. The fourth-order valence-electron chi connectivity index (χ4n) is 3.13. The average Bonchev–Trinajstić information content (AvgIpc) is 3.01. The molecule has 0 saturated carbocycles. The molecule has 1 fully saturated rings. The number of hydrogen-bond donors (Lipinski definition) is 0. The Morgan fingerprint density at radius 3 is 2.43 bits per heavy atom. The topological polar surface area (TPSA) is 62.7 Å². The molecule has 148 valence electrons. The molecule has 3 rings (SSSR count). The quantitative estimate of drug-likeness (QED) is 0.801. The van der Waals surface area contributed by atoms with Gasteiger partial charge in [-0.05, 0) is 12.1 Å². The zero-order valence-electron chi connectivity index (χ0n) is 15.5. The van der Waals surface area contributed by atoms with Gasteiger partial charge in [0.1, 0.15) is 23.2 Å². The van der Waals surface area contributed by atoms with Crippen molar-refractivity contribution in [2.75, 3.05) is 30.5 Å². The third-order valence-electron chi connectivity index (χ3n) is 4.71. The molecule has 1 aliphatic rings. The molecule has 9 heteroatoms. The lowest BCUT2D eigenvalue weighted by molar-refractivity contribution is -0.117. The maximum Gasteiger partial charge on any atom is 0.228 e. The number of carbonyl (C=O) groups is 2. The number of methoxy groups -OCH3 is 1. The fourth-order valence-corrected chi connectivity index (χ4v) is 3.13. The third-order valence-corrected chi connectivity index (χ3v) is 4.71. The van der Waals surface area contributed by atoms with E-state index in [0.717, 1.165) is 23.1 Å². The van der Waals surface area contributed by atoms with Crippen LogP contribution in [-0.4, -0.2) is 37.5 Å². The Labute approximate surface area is 159 Å². The summed E-state index contributed by atoms with van der Waals surface area (Å²) in [5.74, 6) is -4.21. The minimum atomic E-state index is -0.838. The smallest absolute Gasteiger partial charge is 0.228 e. The summed E-state index contributed by atoms with van der Waals surface area (Å²) >= 11 is 0. The van der Waals surface area contributed by atoms with E-state index >= 15 is 0 Å². The summed E-state index contributed by atoms with van der Waals surface area (Å²) < 4.78 is 47.9. The van der Waals surface area contributed by atoms with Crippen molar-refractivity contribution in [1.82, 2.24) is 4.98 Å². The number of amides is 2. The van der Waals surface area contributed by atoms with E-state index in [9.17, 15) is 22.8 Å². The van der Waals surface area contributed by atoms with Crippen molar-refractivity contribution in [3.63, 3.8) is 0 Å². The van der Waals surface area contributed by atoms with Crippen molar-refractivity contribution in [3.8, 4) is 5.75 Å². The van der Waals surface area contributed by atoms with Crippen LogP contribution in [0.15, 0.2) is 24.3 Å². The third kappa shape index (κ3) is 3.51. The van der Waals surface area contributed by atoms with Gasteiger partial charge in [0.15, 0.2) is 11.6 Å². The van der Waals surface area contributed by atoms with Gasteiger partial charge in [-0.3, -0.25) is 14.5 Å². The standard InChI is InChI=1S/C19H18F3N3O3/c1-10(26)24(2)16-5-4-13(20)19(23-16)25-9-11(6-17(25)27)18-14(21)7-12(28-3)8-15(18)22/h4-5,7-8,11H,6,9H2,1-3H3. The van der Waals surface area contributed by atoms with E-state index in [1.54, 1.807) is 0 Å². The summed E-state index contributed by atoms with van der Waals surface area (Å²) in [6, 6.07) is 4.47. The first-order valence-electron chi connectivity index (χ1n) is 8.47. The Morgan fingerprint density at radius 1 is 1.21 bits per heavy atom. The maximum atomic E-state index is 14.4. The van der Waals surface area contributed by atoms with Crippen molar-refractivity contribution in [1.29, 1.82) is 0 Å². The summed E-state index contributed by atoms with van der Waals surface area (Å²) in [6.07, 6.45) is -0.200. The number of ether oxygens (including phenoxy) is 1. The zero-order valence-corrected chi connectivity index (χ0v) is 15.5. The molecule has 0 radical (unpaired) electrons. The van der Waals surface area contributed by atoms with Crippen LogP contribution in [0.5, 0.6) is 5.75 Å². The van der Waals surface area contributed by atoms with Gasteiger partial charge in [-0.2, -0.15) is 0 Å². The molecule has 0 spiro atoms.